The number of hydrogen-bond donors (Lipinski definition) is 0. The molecule has 82 valence electrons. The molecule has 1 saturated carbocycles. The summed E-state index contributed by atoms with van der Waals surface area (Å²) in [5.41, 5.74) is 0. The average molecular weight is 205 g/mol. The number of hydrogen-bond acceptors (Lipinski definition) is 2. The Labute approximate surface area is 83.2 Å². The van der Waals surface area contributed by atoms with E-state index in [0.717, 1.165) is 6.42 Å². The molecule has 0 aromatic heterocycles. The molecular weight excluding hydrogens is 188 g/mol. The van der Waals surface area contributed by atoms with Gasteiger partial charge in [0.25, 0.3) is 0 Å². The van der Waals surface area contributed by atoms with Gasteiger partial charge in [-0.3, -0.25) is 4.84 Å². The molecule has 2 nitrogen and oxygen atoms in total. The molecule has 0 amide bonds. The summed E-state index contributed by atoms with van der Waals surface area (Å²) in [6.45, 7) is 0.670. The Hall–Kier alpha value is -0.220. The van der Waals surface area contributed by atoms with Crippen molar-refractivity contribution in [3.8, 4) is 0 Å². The lowest BCUT2D eigenvalue weighted by Crippen LogP contribution is -2.40. The van der Waals surface area contributed by atoms with E-state index in [1.165, 1.54) is 0 Å². The summed E-state index contributed by atoms with van der Waals surface area (Å²) < 4.78 is 26.5. The van der Waals surface area contributed by atoms with Gasteiger partial charge in [0.15, 0.2) is 0 Å². The van der Waals surface area contributed by atoms with Crippen molar-refractivity contribution < 1.29 is 13.6 Å². The molecule has 0 spiro atoms. The van der Waals surface area contributed by atoms with Crippen molar-refractivity contribution in [3.05, 3.63) is 0 Å². The summed E-state index contributed by atoms with van der Waals surface area (Å²) in [6, 6.07) is 0.150. The first-order valence-electron chi connectivity index (χ1n) is 5.32. The van der Waals surface area contributed by atoms with Gasteiger partial charge in [-0.25, -0.2) is 8.78 Å². The molecule has 0 aromatic carbocycles. The monoisotopic (exact) mass is 205 g/mol. The maximum Gasteiger partial charge on any atom is 0.107 e. The van der Waals surface area contributed by atoms with Crippen molar-refractivity contribution in [2.45, 2.75) is 44.1 Å². The first-order valence-corrected chi connectivity index (χ1v) is 5.32. The molecule has 0 N–H and O–H groups in total. The summed E-state index contributed by atoms with van der Waals surface area (Å²) >= 11 is 0. The lowest BCUT2D eigenvalue weighted by atomic mass is 9.81. The van der Waals surface area contributed by atoms with Gasteiger partial charge in [0.1, 0.15) is 12.3 Å². The van der Waals surface area contributed by atoms with E-state index >= 15 is 0 Å². The Kier molecular flexibility index (Phi) is 3.02. The topological polar surface area (TPSA) is 12.5 Å². The predicted molar refractivity (Wildman–Crippen MR) is 49.3 cm³/mol. The minimum Gasteiger partial charge on any atom is -0.299 e. The fourth-order valence-corrected chi connectivity index (χ4v) is 2.60. The van der Waals surface area contributed by atoms with Crippen LogP contribution in [0.2, 0.25) is 0 Å². The molecule has 14 heavy (non-hydrogen) atoms. The van der Waals surface area contributed by atoms with Crippen LogP contribution in [0.15, 0.2) is 0 Å². The highest BCUT2D eigenvalue weighted by molar-refractivity contribution is 4.88. The first-order chi connectivity index (χ1) is 6.68. The molecule has 0 aromatic rings. The van der Waals surface area contributed by atoms with E-state index in [1.807, 2.05) is 7.05 Å². The van der Waals surface area contributed by atoms with E-state index in [-0.39, 0.29) is 18.4 Å². The second-order valence-corrected chi connectivity index (χ2v) is 4.33. The van der Waals surface area contributed by atoms with Gasteiger partial charge in [-0.1, -0.05) is 0 Å². The molecule has 4 atom stereocenters. The molecule has 0 radical (unpaired) electrons. The number of halogens is 2. The van der Waals surface area contributed by atoms with Crippen LogP contribution >= 0.6 is 0 Å². The van der Waals surface area contributed by atoms with Crippen LogP contribution in [0.5, 0.6) is 0 Å². The van der Waals surface area contributed by atoms with Crippen LogP contribution in [0.3, 0.4) is 0 Å². The molecule has 2 rings (SSSR count). The van der Waals surface area contributed by atoms with Gasteiger partial charge in [0.05, 0.1) is 6.61 Å². The van der Waals surface area contributed by atoms with Crippen molar-refractivity contribution >= 4 is 0 Å². The SMILES string of the molecule is CN1OCCC1C1CCC(F)CC1F. The predicted octanol–water partition coefficient (Wildman–Crippen LogP) is 2.10. The lowest BCUT2D eigenvalue weighted by Gasteiger charge is -2.34. The molecule has 4 heteroatoms. The van der Waals surface area contributed by atoms with Crippen molar-refractivity contribution in [1.29, 1.82) is 0 Å². The highest BCUT2D eigenvalue weighted by Gasteiger charge is 2.39. The molecule has 1 aliphatic heterocycles. The molecule has 2 aliphatic rings. The third-order valence-electron chi connectivity index (χ3n) is 3.43. The van der Waals surface area contributed by atoms with Gasteiger partial charge in [-0.2, -0.15) is 5.06 Å². The zero-order valence-corrected chi connectivity index (χ0v) is 8.46. The van der Waals surface area contributed by atoms with Gasteiger partial charge >= 0.3 is 0 Å². The van der Waals surface area contributed by atoms with E-state index < -0.39 is 12.3 Å². The van der Waals surface area contributed by atoms with Crippen LogP contribution in [0.25, 0.3) is 0 Å². The van der Waals surface area contributed by atoms with Gasteiger partial charge in [-0.15, -0.1) is 0 Å². The molecule has 1 heterocycles. The quantitative estimate of drug-likeness (QED) is 0.650. The molecule has 2 fully saturated rings. The van der Waals surface area contributed by atoms with Gasteiger partial charge in [-0.05, 0) is 19.3 Å². The zero-order chi connectivity index (χ0) is 10.1. The van der Waals surface area contributed by atoms with E-state index in [4.69, 9.17) is 4.84 Å². The Balaban J connectivity index is 1.96. The molecule has 1 aliphatic carbocycles. The highest BCUT2D eigenvalue weighted by Crippen LogP contribution is 2.35. The number of alkyl halides is 2. The number of nitrogens with zero attached hydrogens (tertiary/aromatic N) is 1. The number of hydroxylamine groups is 2. The fraction of sp³-hybridized carbons (Fsp3) is 1.00. The minimum atomic E-state index is -0.993. The third kappa shape index (κ3) is 1.91. The number of rotatable bonds is 1. The smallest absolute Gasteiger partial charge is 0.107 e. The second-order valence-electron chi connectivity index (χ2n) is 4.33. The third-order valence-corrected chi connectivity index (χ3v) is 3.43. The Morgan fingerprint density at radius 3 is 2.57 bits per heavy atom. The molecule has 1 saturated heterocycles. The zero-order valence-electron chi connectivity index (χ0n) is 8.46. The molecular formula is C10H17F2NO. The van der Waals surface area contributed by atoms with E-state index in [1.54, 1.807) is 5.06 Å². The van der Waals surface area contributed by atoms with Crippen LogP contribution in [0.4, 0.5) is 8.78 Å². The van der Waals surface area contributed by atoms with Crippen LogP contribution in [0, 0.1) is 5.92 Å². The Morgan fingerprint density at radius 2 is 2.00 bits per heavy atom. The van der Waals surface area contributed by atoms with E-state index in [9.17, 15) is 8.78 Å². The first kappa shape index (κ1) is 10.3. The normalized spacial score (nSPS) is 45.6. The van der Waals surface area contributed by atoms with Crippen LogP contribution in [-0.4, -0.2) is 37.1 Å². The van der Waals surface area contributed by atoms with Crippen molar-refractivity contribution in [2.75, 3.05) is 13.7 Å². The summed E-state index contributed by atoms with van der Waals surface area (Å²) in [5, 5.41) is 1.75. The van der Waals surface area contributed by atoms with Crippen LogP contribution in [-0.2, 0) is 4.84 Å². The summed E-state index contributed by atoms with van der Waals surface area (Å²) in [7, 11) is 1.84. The Morgan fingerprint density at radius 1 is 1.21 bits per heavy atom. The van der Waals surface area contributed by atoms with Gasteiger partial charge in [0, 0.05) is 25.4 Å². The average Bonchev–Trinajstić information content (AvgIpc) is 2.52. The standard InChI is InChI=1S/C10H17F2NO/c1-13-10(4-5-14-13)8-3-2-7(11)6-9(8)12/h7-10H,2-6H2,1H3. The maximum absolute atomic E-state index is 13.6. The lowest BCUT2D eigenvalue weighted by molar-refractivity contribution is -0.129. The summed E-state index contributed by atoms with van der Waals surface area (Å²) in [6.07, 6.45) is 0.186. The van der Waals surface area contributed by atoms with Crippen LogP contribution < -0.4 is 0 Å². The van der Waals surface area contributed by atoms with Gasteiger partial charge in [0.2, 0.25) is 0 Å². The minimum absolute atomic E-state index is 0.0329. The second kappa shape index (κ2) is 4.11. The maximum atomic E-state index is 13.6. The summed E-state index contributed by atoms with van der Waals surface area (Å²) in [5.74, 6) is -0.0329. The molecule has 0 bridgehead atoms. The van der Waals surface area contributed by atoms with Crippen molar-refractivity contribution in [2.24, 2.45) is 5.92 Å². The van der Waals surface area contributed by atoms with Crippen molar-refractivity contribution in [3.63, 3.8) is 0 Å². The fourth-order valence-electron chi connectivity index (χ4n) is 2.60. The van der Waals surface area contributed by atoms with Crippen LogP contribution in [0.1, 0.15) is 25.7 Å². The van der Waals surface area contributed by atoms with E-state index in [0.29, 0.717) is 19.4 Å². The molecule has 4 unspecified atom stereocenters. The van der Waals surface area contributed by atoms with E-state index in [2.05, 4.69) is 0 Å². The summed E-state index contributed by atoms with van der Waals surface area (Å²) in [4.78, 5) is 5.27. The largest absolute Gasteiger partial charge is 0.299 e. The Bertz CT molecular complexity index is 203. The van der Waals surface area contributed by atoms with Crippen molar-refractivity contribution in [1.82, 2.24) is 5.06 Å². The van der Waals surface area contributed by atoms with Gasteiger partial charge < -0.3 is 0 Å². The highest BCUT2D eigenvalue weighted by atomic mass is 19.1.